The van der Waals surface area contributed by atoms with Gasteiger partial charge in [-0.1, -0.05) is 63.4 Å². The molecule has 2 aromatic heterocycles. The van der Waals surface area contributed by atoms with Crippen LogP contribution in [-0.4, -0.2) is 27.8 Å². The maximum atomic E-state index is 13.8. The van der Waals surface area contributed by atoms with Gasteiger partial charge in [0, 0.05) is 18.4 Å². The van der Waals surface area contributed by atoms with Crippen LogP contribution in [0.3, 0.4) is 0 Å². The number of hydrogen-bond acceptors (Lipinski definition) is 4. The lowest BCUT2D eigenvalue weighted by atomic mass is 9.94. The standard InChI is InChI=1S/C28H32N4O2/c1-20(2)21-13-15-22(16-14-21)26(27(33)31-23-9-4-3-5-10-23)32(24-11-8-17-29-19-24)28(34)25-12-6-7-18-30-25/h6-8,11-20,23,26H,3-5,9-10H2,1-2H3,(H,31,33)/t26-/m1/s1. The van der Waals surface area contributed by atoms with Gasteiger partial charge < -0.3 is 5.32 Å². The molecule has 0 spiro atoms. The summed E-state index contributed by atoms with van der Waals surface area (Å²) >= 11 is 0. The molecule has 1 fully saturated rings. The molecule has 1 N–H and O–H groups in total. The van der Waals surface area contributed by atoms with Gasteiger partial charge in [-0.3, -0.25) is 24.5 Å². The van der Waals surface area contributed by atoms with Crippen molar-refractivity contribution in [2.75, 3.05) is 4.90 Å². The van der Waals surface area contributed by atoms with E-state index < -0.39 is 6.04 Å². The van der Waals surface area contributed by atoms with Gasteiger partial charge in [-0.15, -0.1) is 0 Å². The molecule has 176 valence electrons. The molecule has 1 atom stereocenters. The van der Waals surface area contributed by atoms with E-state index in [0.29, 0.717) is 11.6 Å². The predicted octanol–water partition coefficient (Wildman–Crippen LogP) is 5.44. The van der Waals surface area contributed by atoms with Crippen LogP contribution < -0.4 is 10.2 Å². The molecule has 0 unspecified atom stereocenters. The topological polar surface area (TPSA) is 75.2 Å². The number of carbonyl (C=O) groups excluding carboxylic acids is 2. The lowest BCUT2D eigenvalue weighted by Gasteiger charge is -2.33. The maximum absolute atomic E-state index is 13.8. The molecule has 3 aromatic rings. The second-order valence-corrected chi connectivity index (χ2v) is 9.17. The molecule has 6 nitrogen and oxygen atoms in total. The minimum Gasteiger partial charge on any atom is -0.351 e. The van der Waals surface area contributed by atoms with E-state index in [1.807, 2.05) is 24.3 Å². The first-order chi connectivity index (χ1) is 16.5. The molecule has 6 heteroatoms. The van der Waals surface area contributed by atoms with Gasteiger partial charge in [-0.25, -0.2) is 0 Å². The predicted molar refractivity (Wildman–Crippen MR) is 134 cm³/mol. The largest absolute Gasteiger partial charge is 0.351 e. The van der Waals surface area contributed by atoms with E-state index in [1.54, 1.807) is 48.9 Å². The SMILES string of the molecule is CC(C)c1ccc([C@H](C(=O)NC2CCCCC2)N(C(=O)c2ccccn2)c2cccnc2)cc1. The summed E-state index contributed by atoms with van der Waals surface area (Å²) in [6.45, 7) is 4.27. The van der Waals surface area contributed by atoms with Crippen molar-refractivity contribution in [1.29, 1.82) is 0 Å². The molecule has 0 saturated heterocycles. The van der Waals surface area contributed by atoms with Crippen LogP contribution in [-0.2, 0) is 4.79 Å². The lowest BCUT2D eigenvalue weighted by molar-refractivity contribution is -0.123. The highest BCUT2D eigenvalue weighted by Crippen LogP contribution is 2.31. The van der Waals surface area contributed by atoms with E-state index in [2.05, 4.69) is 29.1 Å². The number of anilines is 1. The summed E-state index contributed by atoms with van der Waals surface area (Å²) < 4.78 is 0. The third kappa shape index (κ3) is 5.50. The Morgan fingerprint density at radius 2 is 1.65 bits per heavy atom. The van der Waals surface area contributed by atoms with Gasteiger partial charge in [0.15, 0.2) is 0 Å². The van der Waals surface area contributed by atoms with E-state index in [-0.39, 0.29) is 23.6 Å². The number of hydrogen-bond donors (Lipinski definition) is 1. The fourth-order valence-corrected chi connectivity index (χ4v) is 4.50. The third-order valence-electron chi connectivity index (χ3n) is 6.40. The Labute approximate surface area is 201 Å². The van der Waals surface area contributed by atoms with Gasteiger partial charge >= 0.3 is 0 Å². The normalized spacial score (nSPS) is 15.0. The molecule has 1 aliphatic rings. The highest BCUT2D eigenvalue weighted by atomic mass is 16.2. The number of benzene rings is 1. The monoisotopic (exact) mass is 456 g/mol. The van der Waals surface area contributed by atoms with Gasteiger partial charge in [0.25, 0.3) is 5.91 Å². The molecular weight excluding hydrogens is 424 g/mol. The van der Waals surface area contributed by atoms with Crippen molar-refractivity contribution in [3.05, 3.63) is 90.0 Å². The lowest BCUT2D eigenvalue weighted by Crippen LogP contribution is -2.47. The summed E-state index contributed by atoms with van der Waals surface area (Å²) in [5.41, 5.74) is 2.76. The molecule has 0 aliphatic heterocycles. The number of nitrogens with one attached hydrogen (secondary N) is 1. The van der Waals surface area contributed by atoms with Gasteiger partial charge in [0.1, 0.15) is 11.7 Å². The summed E-state index contributed by atoms with van der Waals surface area (Å²) in [4.78, 5) is 37.6. The fraction of sp³-hybridized carbons (Fsp3) is 0.357. The number of amides is 2. The van der Waals surface area contributed by atoms with Crippen molar-refractivity contribution in [2.24, 2.45) is 0 Å². The average Bonchev–Trinajstić information content (AvgIpc) is 2.88. The van der Waals surface area contributed by atoms with E-state index >= 15 is 0 Å². The first kappa shape index (κ1) is 23.6. The van der Waals surface area contributed by atoms with Crippen LogP contribution in [0.1, 0.15) is 79.5 Å². The highest BCUT2D eigenvalue weighted by molar-refractivity contribution is 6.09. The Morgan fingerprint density at radius 1 is 0.912 bits per heavy atom. The van der Waals surface area contributed by atoms with Crippen molar-refractivity contribution < 1.29 is 9.59 Å². The summed E-state index contributed by atoms with van der Waals surface area (Å²) in [6.07, 6.45) is 10.2. The Kier molecular flexibility index (Phi) is 7.68. The zero-order valence-electron chi connectivity index (χ0n) is 19.9. The first-order valence-electron chi connectivity index (χ1n) is 12.1. The summed E-state index contributed by atoms with van der Waals surface area (Å²) in [7, 11) is 0. The van der Waals surface area contributed by atoms with Crippen molar-refractivity contribution in [1.82, 2.24) is 15.3 Å². The molecule has 34 heavy (non-hydrogen) atoms. The third-order valence-corrected chi connectivity index (χ3v) is 6.40. The van der Waals surface area contributed by atoms with Crippen LogP contribution in [0, 0.1) is 0 Å². The Hall–Kier alpha value is -3.54. The van der Waals surface area contributed by atoms with Crippen LogP contribution in [0.25, 0.3) is 0 Å². The molecule has 1 aliphatic carbocycles. The second kappa shape index (κ2) is 11.1. The highest BCUT2D eigenvalue weighted by Gasteiger charge is 2.35. The zero-order chi connectivity index (χ0) is 23.9. The minimum absolute atomic E-state index is 0.124. The van der Waals surface area contributed by atoms with Crippen LogP contribution >= 0.6 is 0 Å². The van der Waals surface area contributed by atoms with Crippen molar-refractivity contribution in [3.8, 4) is 0 Å². The van der Waals surface area contributed by atoms with Crippen LogP contribution in [0.5, 0.6) is 0 Å². The van der Waals surface area contributed by atoms with Gasteiger partial charge in [-0.2, -0.15) is 0 Å². The molecule has 1 aromatic carbocycles. The van der Waals surface area contributed by atoms with Crippen molar-refractivity contribution >= 4 is 17.5 Å². The Bertz CT molecular complexity index is 1080. The summed E-state index contributed by atoms with van der Waals surface area (Å²) in [5, 5.41) is 3.24. The molecule has 0 radical (unpaired) electrons. The molecule has 0 bridgehead atoms. The van der Waals surface area contributed by atoms with Crippen LogP contribution in [0.4, 0.5) is 5.69 Å². The maximum Gasteiger partial charge on any atom is 0.277 e. The number of nitrogens with zero attached hydrogens (tertiary/aromatic N) is 3. The average molecular weight is 457 g/mol. The van der Waals surface area contributed by atoms with E-state index in [0.717, 1.165) is 31.2 Å². The molecule has 2 amide bonds. The van der Waals surface area contributed by atoms with Crippen molar-refractivity contribution in [3.63, 3.8) is 0 Å². The van der Waals surface area contributed by atoms with E-state index in [4.69, 9.17) is 0 Å². The van der Waals surface area contributed by atoms with E-state index in [1.165, 1.54) is 16.9 Å². The molecule has 1 saturated carbocycles. The minimum atomic E-state index is -0.846. The fourth-order valence-electron chi connectivity index (χ4n) is 4.50. The van der Waals surface area contributed by atoms with Gasteiger partial charge in [-0.05, 0) is 54.2 Å². The molecule has 2 heterocycles. The van der Waals surface area contributed by atoms with Crippen LogP contribution in [0.15, 0.2) is 73.2 Å². The van der Waals surface area contributed by atoms with E-state index in [9.17, 15) is 9.59 Å². The van der Waals surface area contributed by atoms with Gasteiger partial charge in [0.05, 0.1) is 11.9 Å². The summed E-state index contributed by atoms with van der Waals surface area (Å²) in [6, 6.07) is 16.0. The second-order valence-electron chi connectivity index (χ2n) is 9.17. The summed E-state index contributed by atoms with van der Waals surface area (Å²) in [5.74, 6) is -0.157. The molecule has 4 rings (SSSR count). The number of aromatic nitrogens is 2. The quantitative estimate of drug-likeness (QED) is 0.514. The number of carbonyl (C=O) groups is 2. The number of pyridine rings is 2. The Morgan fingerprint density at radius 3 is 2.26 bits per heavy atom. The van der Waals surface area contributed by atoms with Gasteiger partial charge in [0.2, 0.25) is 5.91 Å². The number of rotatable bonds is 7. The smallest absolute Gasteiger partial charge is 0.277 e. The zero-order valence-corrected chi connectivity index (χ0v) is 19.9. The first-order valence-corrected chi connectivity index (χ1v) is 12.1. The van der Waals surface area contributed by atoms with Crippen molar-refractivity contribution in [2.45, 2.75) is 64.0 Å². The molecular formula is C28H32N4O2. The van der Waals surface area contributed by atoms with Crippen LogP contribution in [0.2, 0.25) is 0 Å². The Balaban J connectivity index is 1.78.